The van der Waals surface area contributed by atoms with Gasteiger partial charge in [0.15, 0.2) is 0 Å². The third kappa shape index (κ3) is 11.3. The Labute approximate surface area is 330 Å². The molecule has 0 saturated carbocycles. The van der Waals surface area contributed by atoms with Crippen molar-refractivity contribution in [2.24, 2.45) is 5.41 Å². The van der Waals surface area contributed by atoms with Crippen LogP contribution in [0.3, 0.4) is 0 Å². The zero-order chi connectivity index (χ0) is 37.6. The maximum absolute atomic E-state index is 12.5. The number of fused-ring (bicyclic) bond motifs is 1. The molecule has 2 aromatic heterocycles. The average Bonchev–Trinajstić information content (AvgIpc) is 3.17. The summed E-state index contributed by atoms with van der Waals surface area (Å²) >= 11 is -0.472. The fourth-order valence-corrected chi connectivity index (χ4v) is 9.87. The van der Waals surface area contributed by atoms with Crippen molar-refractivity contribution in [2.75, 3.05) is 5.32 Å². The van der Waals surface area contributed by atoms with Gasteiger partial charge in [-0.05, 0) is 50.9 Å². The molecule has 0 spiro atoms. The van der Waals surface area contributed by atoms with Crippen LogP contribution in [0.2, 0.25) is 0 Å². The second kappa shape index (κ2) is 19.9. The molecule has 0 fully saturated rings. The van der Waals surface area contributed by atoms with Gasteiger partial charge in [0, 0.05) is 26.6 Å². The fourth-order valence-electron chi connectivity index (χ4n) is 5.39. The molecule has 0 aliphatic heterocycles. The monoisotopic (exact) mass is 956 g/mol. The van der Waals surface area contributed by atoms with Gasteiger partial charge in [-0.2, -0.15) is 0 Å². The molecule has 0 unspecified atom stereocenters. The Morgan fingerprint density at radius 3 is 1.53 bits per heavy atom. The van der Waals surface area contributed by atoms with Crippen molar-refractivity contribution in [1.82, 2.24) is 9.97 Å². The molecule has 2 N–H and O–H groups in total. The number of anilines is 1. The van der Waals surface area contributed by atoms with E-state index in [1.165, 1.54) is 21.2 Å². The van der Waals surface area contributed by atoms with Crippen LogP contribution in [0.1, 0.15) is 20.8 Å². The number of halogens is 2. The summed E-state index contributed by atoms with van der Waals surface area (Å²) in [7, 11) is 8.18. The van der Waals surface area contributed by atoms with Crippen LogP contribution in [0.15, 0.2) is 175 Å². The summed E-state index contributed by atoms with van der Waals surface area (Å²) in [4.78, 5) is 32.7. The number of carbonyl (C=O) groups excluding carboxylic acids is 1. The molecule has 0 saturated heterocycles. The molecule has 0 atom stereocenters. The van der Waals surface area contributed by atoms with Crippen LogP contribution in [0.5, 0.6) is 0 Å². The molecule has 5 aromatic carbocycles. The Hall–Kier alpha value is -3.94. The van der Waals surface area contributed by atoms with Crippen molar-refractivity contribution in [3.63, 3.8) is 0 Å². The van der Waals surface area contributed by atoms with Gasteiger partial charge in [-0.3, -0.25) is 9.59 Å². The first-order chi connectivity index (χ1) is 25.7. The number of hydrogen-bond donors (Lipinski definition) is 2. The van der Waals surface area contributed by atoms with Crippen LogP contribution in [0.4, 0.5) is 5.82 Å². The minimum absolute atomic E-state index is 0.0255. The maximum atomic E-state index is 12.5. The number of benzene rings is 5. The van der Waals surface area contributed by atoms with E-state index in [0.717, 1.165) is 21.6 Å². The van der Waals surface area contributed by atoms with E-state index in [1.54, 1.807) is 0 Å². The van der Waals surface area contributed by atoms with E-state index in [-0.39, 0.29) is 11.5 Å². The standard InChI is InChI=1S/C22H23N2OP.C21H16NOP.2ClH.Pt/c1-22(2,3)21(25)24-19-15-10-16-20(23-19)26(17-11-6-4-7-12-17)18-13-8-5-9-14-18;23-21-19-14-8-7-9-16(19)15-20(22-21)24(17-10-3-1-4-11-17)18-12-5-2-6-13-18;;;/h4-16H,1-3H3,(H,23,24,25);1-15H,(H,22,23);2*1H;/q;;;;+2/p-2. The zero-order valence-corrected chi connectivity index (χ0v) is 35.0. The SMILES string of the molecule is CC(C)(C)C(=O)Nc1cccc(P(c2ccccc2)c2ccccc2)n1.O=c1[nH]c(P(c2ccccc2)c2ccccc2)cc2ccccc12.[Cl][Pt][Cl]. The van der Waals surface area contributed by atoms with Crippen LogP contribution in [0, 0.1) is 5.41 Å². The van der Waals surface area contributed by atoms with Crippen molar-refractivity contribution < 1.29 is 21.3 Å². The van der Waals surface area contributed by atoms with Gasteiger partial charge in [0.2, 0.25) is 5.91 Å². The molecule has 2 heterocycles. The molecule has 0 radical (unpaired) electrons. The Balaban J connectivity index is 0.000000191. The first-order valence-electron chi connectivity index (χ1n) is 16.7. The number of hydrogen-bond acceptors (Lipinski definition) is 3. The Bertz CT molecular complexity index is 2180. The predicted molar refractivity (Wildman–Crippen MR) is 226 cm³/mol. The molecular weight excluding hydrogens is 918 g/mol. The number of aromatic nitrogens is 2. The average molecular weight is 958 g/mol. The van der Waals surface area contributed by atoms with E-state index in [9.17, 15) is 9.59 Å². The fraction of sp³-hybridized carbons (Fsp3) is 0.0930. The first kappa shape index (κ1) is 40.2. The minimum atomic E-state index is -0.791. The molecule has 1 amide bonds. The molecule has 7 aromatic rings. The van der Waals surface area contributed by atoms with Gasteiger partial charge < -0.3 is 10.3 Å². The molecule has 0 aliphatic rings. The van der Waals surface area contributed by atoms with Gasteiger partial charge >= 0.3 is 35.3 Å². The van der Waals surface area contributed by atoms with E-state index >= 15 is 0 Å². The van der Waals surface area contributed by atoms with Crippen LogP contribution >= 0.6 is 34.7 Å². The second-order valence-corrected chi connectivity index (χ2v) is 20.3. The van der Waals surface area contributed by atoms with E-state index in [2.05, 4.69) is 89.2 Å². The van der Waals surface area contributed by atoms with Crippen molar-refractivity contribution in [3.05, 3.63) is 180 Å². The van der Waals surface area contributed by atoms with E-state index < -0.39 is 37.7 Å². The summed E-state index contributed by atoms with van der Waals surface area (Å²) in [5.41, 5.74) is 1.47. The molecule has 272 valence electrons. The number of rotatable bonds is 7. The molecule has 10 heteroatoms. The summed E-state index contributed by atoms with van der Waals surface area (Å²) in [5, 5.41) is 9.58. The summed E-state index contributed by atoms with van der Waals surface area (Å²) in [5.74, 6) is 0.563. The molecule has 5 nitrogen and oxygen atoms in total. The van der Waals surface area contributed by atoms with Crippen LogP contribution in [0.25, 0.3) is 10.8 Å². The van der Waals surface area contributed by atoms with Gasteiger partial charge in [-0.15, -0.1) is 0 Å². The quantitative estimate of drug-likeness (QED) is 0.158. The van der Waals surface area contributed by atoms with Crippen LogP contribution < -0.4 is 43.0 Å². The topological polar surface area (TPSA) is 74.8 Å². The summed E-state index contributed by atoms with van der Waals surface area (Å²) in [6.07, 6.45) is 0. The number of nitrogens with zero attached hydrogens (tertiary/aromatic N) is 1. The number of amides is 1. The van der Waals surface area contributed by atoms with Crippen molar-refractivity contribution >= 4 is 89.3 Å². The Morgan fingerprint density at radius 2 is 1.06 bits per heavy atom. The Morgan fingerprint density at radius 1 is 0.623 bits per heavy atom. The second-order valence-electron chi connectivity index (χ2n) is 12.7. The van der Waals surface area contributed by atoms with Gasteiger partial charge in [0.05, 0.1) is 10.9 Å². The normalized spacial score (nSPS) is 11.0. The number of nitrogens with one attached hydrogen (secondary N) is 2. The van der Waals surface area contributed by atoms with E-state index in [0.29, 0.717) is 5.82 Å². The molecule has 0 bridgehead atoms. The molecule has 0 aliphatic carbocycles. The van der Waals surface area contributed by atoms with Gasteiger partial charge in [-0.1, -0.05) is 166 Å². The van der Waals surface area contributed by atoms with Gasteiger partial charge in [-0.25, -0.2) is 4.98 Å². The molecular formula is C43H39Cl2N3O2P2Pt. The molecule has 7 rings (SSSR count). The third-order valence-electron chi connectivity index (χ3n) is 7.92. The van der Waals surface area contributed by atoms with E-state index in [1.807, 2.05) is 112 Å². The predicted octanol–water partition coefficient (Wildman–Crippen LogP) is 8.49. The summed E-state index contributed by atoms with van der Waals surface area (Å²) in [6.45, 7) is 5.69. The number of carbonyl (C=O) groups is 1. The zero-order valence-electron chi connectivity index (χ0n) is 29.4. The first-order valence-corrected chi connectivity index (χ1v) is 25.0. The van der Waals surface area contributed by atoms with E-state index in [4.69, 9.17) is 23.8 Å². The number of pyridine rings is 2. The van der Waals surface area contributed by atoms with Crippen LogP contribution in [-0.2, 0) is 21.3 Å². The number of aromatic amines is 1. The van der Waals surface area contributed by atoms with Crippen LogP contribution in [-0.4, -0.2) is 15.9 Å². The number of H-pyrrole nitrogens is 1. The van der Waals surface area contributed by atoms with Gasteiger partial charge in [0.25, 0.3) is 5.56 Å². The Kier molecular flexibility index (Phi) is 15.1. The van der Waals surface area contributed by atoms with Crippen molar-refractivity contribution in [3.8, 4) is 0 Å². The summed E-state index contributed by atoms with van der Waals surface area (Å²) < 4.78 is 0. The van der Waals surface area contributed by atoms with Crippen molar-refractivity contribution in [1.29, 1.82) is 0 Å². The summed E-state index contributed by atoms with van der Waals surface area (Å²) in [6, 6.07) is 57.3. The molecule has 53 heavy (non-hydrogen) atoms. The van der Waals surface area contributed by atoms with Gasteiger partial charge in [0.1, 0.15) is 5.82 Å². The van der Waals surface area contributed by atoms with Crippen molar-refractivity contribution in [2.45, 2.75) is 20.8 Å². The third-order valence-corrected chi connectivity index (χ3v) is 12.6.